The maximum Gasteiger partial charge on any atom is 0.139 e. The first-order valence-corrected chi connectivity index (χ1v) is 7.95. The van der Waals surface area contributed by atoms with Crippen LogP contribution in [0.15, 0.2) is 11.6 Å². The molecule has 1 rings (SSSR count). The third kappa shape index (κ3) is 4.29. The molecule has 0 aromatic carbocycles. The minimum Gasteiger partial charge on any atom is -0.300 e. The van der Waals surface area contributed by atoms with Crippen LogP contribution in [0, 0.1) is 17.3 Å². The Balaban J connectivity index is 2.41. The molecule has 1 fully saturated rings. The third-order valence-electron chi connectivity index (χ3n) is 4.97. The molecule has 0 aromatic heterocycles. The summed E-state index contributed by atoms with van der Waals surface area (Å²) in [5, 5.41) is 0. The molecular formula is C18H30O2. The first kappa shape index (κ1) is 17.1. The van der Waals surface area contributed by atoms with Crippen LogP contribution in [-0.2, 0) is 9.59 Å². The molecule has 0 aliphatic heterocycles. The van der Waals surface area contributed by atoms with Crippen molar-refractivity contribution in [1.82, 2.24) is 0 Å². The van der Waals surface area contributed by atoms with Gasteiger partial charge >= 0.3 is 0 Å². The van der Waals surface area contributed by atoms with E-state index in [0.29, 0.717) is 30.5 Å². The Labute approximate surface area is 124 Å². The summed E-state index contributed by atoms with van der Waals surface area (Å²) >= 11 is 0. The largest absolute Gasteiger partial charge is 0.300 e. The van der Waals surface area contributed by atoms with Gasteiger partial charge in [0.15, 0.2) is 0 Å². The van der Waals surface area contributed by atoms with E-state index in [1.54, 1.807) is 6.92 Å². The molecule has 0 bridgehead atoms. The number of Topliss-reactive ketones (excluding diaryl/α,β-unsaturated/α-hetero) is 2. The van der Waals surface area contributed by atoms with Crippen LogP contribution in [0.2, 0.25) is 0 Å². The number of ketones is 2. The van der Waals surface area contributed by atoms with Crippen LogP contribution in [0.4, 0.5) is 0 Å². The predicted octanol–water partition coefficient (Wildman–Crippen LogP) is 4.72. The van der Waals surface area contributed by atoms with Gasteiger partial charge in [-0.05, 0) is 51.4 Å². The average Bonchev–Trinajstić information content (AvgIpc) is 2.32. The molecule has 0 spiro atoms. The zero-order valence-corrected chi connectivity index (χ0v) is 13.8. The highest BCUT2D eigenvalue weighted by atomic mass is 16.1. The molecule has 2 heteroatoms. The normalized spacial score (nSPS) is 26.5. The van der Waals surface area contributed by atoms with E-state index in [1.165, 1.54) is 12.0 Å². The summed E-state index contributed by atoms with van der Waals surface area (Å²) in [6.45, 7) is 10.3. The van der Waals surface area contributed by atoms with Crippen LogP contribution < -0.4 is 0 Å². The summed E-state index contributed by atoms with van der Waals surface area (Å²) in [6.07, 6.45) is 7.28. The first-order valence-electron chi connectivity index (χ1n) is 7.95. The van der Waals surface area contributed by atoms with E-state index >= 15 is 0 Å². The van der Waals surface area contributed by atoms with Gasteiger partial charge in [0.25, 0.3) is 0 Å². The molecule has 2 atom stereocenters. The van der Waals surface area contributed by atoms with Crippen LogP contribution in [0.3, 0.4) is 0 Å². The summed E-state index contributed by atoms with van der Waals surface area (Å²) in [7, 11) is 0. The number of hydrogen-bond acceptors (Lipinski definition) is 2. The van der Waals surface area contributed by atoms with Gasteiger partial charge in [0, 0.05) is 18.3 Å². The second-order valence-electron chi connectivity index (χ2n) is 7.02. The van der Waals surface area contributed by atoms with Gasteiger partial charge in [-0.15, -0.1) is 0 Å². The second-order valence-corrected chi connectivity index (χ2v) is 7.02. The van der Waals surface area contributed by atoms with Gasteiger partial charge in [-0.3, -0.25) is 4.79 Å². The lowest BCUT2D eigenvalue weighted by molar-refractivity contribution is -0.140. The maximum absolute atomic E-state index is 12.5. The zero-order chi connectivity index (χ0) is 15.3. The number of rotatable bonds is 8. The van der Waals surface area contributed by atoms with E-state index in [1.807, 2.05) is 0 Å². The molecule has 0 saturated heterocycles. The van der Waals surface area contributed by atoms with Gasteiger partial charge in [-0.25, -0.2) is 0 Å². The van der Waals surface area contributed by atoms with Crippen molar-refractivity contribution in [3.8, 4) is 0 Å². The minimum atomic E-state index is -0.0756. The standard InChI is InChI=1S/C18H30O2/c1-13(2)16-11-12-18(16,5)17(20)10-9-14(3)7-6-8-15(4)19/h7,13,16H,6,8-12H2,1-5H3/b14-7+. The van der Waals surface area contributed by atoms with E-state index in [-0.39, 0.29) is 11.2 Å². The smallest absolute Gasteiger partial charge is 0.139 e. The molecule has 1 saturated carbocycles. The molecule has 114 valence electrons. The van der Waals surface area contributed by atoms with Crippen LogP contribution in [-0.4, -0.2) is 11.6 Å². The van der Waals surface area contributed by atoms with E-state index in [2.05, 4.69) is 33.8 Å². The monoisotopic (exact) mass is 278 g/mol. The summed E-state index contributed by atoms with van der Waals surface area (Å²) in [5.41, 5.74) is 1.16. The molecule has 0 amide bonds. The van der Waals surface area contributed by atoms with Crippen molar-refractivity contribution >= 4 is 11.6 Å². The van der Waals surface area contributed by atoms with E-state index in [0.717, 1.165) is 19.3 Å². The van der Waals surface area contributed by atoms with E-state index < -0.39 is 0 Å². The summed E-state index contributed by atoms with van der Waals surface area (Å²) in [6, 6.07) is 0. The molecule has 0 heterocycles. The van der Waals surface area contributed by atoms with Crippen molar-refractivity contribution in [1.29, 1.82) is 0 Å². The van der Waals surface area contributed by atoms with Gasteiger partial charge in [-0.1, -0.05) is 32.4 Å². The van der Waals surface area contributed by atoms with Crippen molar-refractivity contribution in [2.75, 3.05) is 0 Å². The molecule has 0 N–H and O–H groups in total. The highest BCUT2D eigenvalue weighted by Gasteiger charge is 2.48. The van der Waals surface area contributed by atoms with Gasteiger partial charge in [0.05, 0.1) is 0 Å². The molecule has 1 aliphatic carbocycles. The lowest BCUT2D eigenvalue weighted by Crippen LogP contribution is -2.46. The highest BCUT2D eigenvalue weighted by Crippen LogP contribution is 2.51. The van der Waals surface area contributed by atoms with Crippen LogP contribution >= 0.6 is 0 Å². The SMILES string of the molecule is CC(=O)CC/C=C(\C)CCC(=O)C1(C)CCC1C(C)C. The fourth-order valence-electron chi connectivity index (χ4n) is 3.38. The van der Waals surface area contributed by atoms with Gasteiger partial charge < -0.3 is 4.79 Å². The molecule has 0 radical (unpaired) electrons. The highest BCUT2D eigenvalue weighted by molar-refractivity contribution is 5.86. The van der Waals surface area contributed by atoms with Crippen molar-refractivity contribution in [3.05, 3.63) is 11.6 Å². The Morgan fingerprint density at radius 1 is 1.20 bits per heavy atom. The Bertz CT molecular complexity index is 392. The molecule has 1 aliphatic rings. The van der Waals surface area contributed by atoms with Crippen LogP contribution in [0.1, 0.15) is 73.1 Å². The zero-order valence-electron chi connectivity index (χ0n) is 13.8. The lowest BCUT2D eigenvalue weighted by atomic mass is 9.55. The Hall–Kier alpha value is -0.920. The second kappa shape index (κ2) is 7.19. The summed E-state index contributed by atoms with van der Waals surface area (Å²) < 4.78 is 0. The van der Waals surface area contributed by atoms with Crippen molar-refractivity contribution in [2.45, 2.75) is 73.1 Å². The van der Waals surface area contributed by atoms with Crippen LogP contribution in [0.25, 0.3) is 0 Å². The van der Waals surface area contributed by atoms with E-state index in [9.17, 15) is 9.59 Å². The van der Waals surface area contributed by atoms with Crippen molar-refractivity contribution in [3.63, 3.8) is 0 Å². The quantitative estimate of drug-likeness (QED) is 0.602. The van der Waals surface area contributed by atoms with Crippen molar-refractivity contribution in [2.24, 2.45) is 17.3 Å². The van der Waals surface area contributed by atoms with Crippen molar-refractivity contribution < 1.29 is 9.59 Å². The maximum atomic E-state index is 12.5. The fraction of sp³-hybridized carbons (Fsp3) is 0.778. The predicted molar refractivity (Wildman–Crippen MR) is 83.6 cm³/mol. The molecular weight excluding hydrogens is 248 g/mol. The Morgan fingerprint density at radius 2 is 1.85 bits per heavy atom. The Kier molecular flexibility index (Phi) is 6.16. The number of hydrogen-bond donors (Lipinski definition) is 0. The first-order chi connectivity index (χ1) is 9.27. The van der Waals surface area contributed by atoms with E-state index in [4.69, 9.17) is 0 Å². The summed E-state index contributed by atoms with van der Waals surface area (Å²) in [5.74, 6) is 1.83. The molecule has 2 unspecified atom stereocenters. The van der Waals surface area contributed by atoms with Gasteiger partial charge in [0.1, 0.15) is 11.6 Å². The third-order valence-corrected chi connectivity index (χ3v) is 4.97. The minimum absolute atomic E-state index is 0.0756. The topological polar surface area (TPSA) is 34.1 Å². The fourth-order valence-corrected chi connectivity index (χ4v) is 3.38. The number of carbonyl (C=O) groups is 2. The number of carbonyl (C=O) groups excluding carboxylic acids is 2. The van der Waals surface area contributed by atoms with Crippen LogP contribution in [0.5, 0.6) is 0 Å². The number of allylic oxidation sites excluding steroid dienone is 2. The average molecular weight is 278 g/mol. The van der Waals surface area contributed by atoms with Gasteiger partial charge in [-0.2, -0.15) is 0 Å². The molecule has 0 aromatic rings. The summed E-state index contributed by atoms with van der Waals surface area (Å²) in [4.78, 5) is 23.4. The van der Waals surface area contributed by atoms with Gasteiger partial charge in [0.2, 0.25) is 0 Å². The molecule has 20 heavy (non-hydrogen) atoms. The lowest BCUT2D eigenvalue weighted by Gasteiger charge is -2.48. The molecule has 2 nitrogen and oxygen atoms in total. The Morgan fingerprint density at radius 3 is 2.30 bits per heavy atom.